The van der Waals surface area contributed by atoms with E-state index in [0.717, 1.165) is 0 Å². The summed E-state index contributed by atoms with van der Waals surface area (Å²) in [5.74, 6) is -1.34. The van der Waals surface area contributed by atoms with Gasteiger partial charge >= 0.3 is 0 Å². The van der Waals surface area contributed by atoms with E-state index in [1.54, 1.807) is 41.5 Å². The summed E-state index contributed by atoms with van der Waals surface area (Å²) in [7, 11) is 0. The number of nitrogens with zero attached hydrogens (tertiary/aromatic N) is 4. The third-order valence-corrected chi connectivity index (χ3v) is 5.93. The van der Waals surface area contributed by atoms with Crippen LogP contribution in [-0.4, -0.2) is 41.6 Å². The van der Waals surface area contributed by atoms with Crippen molar-refractivity contribution >= 4 is 39.9 Å². The van der Waals surface area contributed by atoms with E-state index in [9.17, 15) is 9.18 Å². The summed E-state index contributed by atoms with van der Waals surface area (Å²) in [5.41, 5.74) is 2.68. The molecule has 0 spiro atoms. The fraction of sp³-hybridized carbons (Fsp3) is 0.143. The number of carbonyl (C=O) groups excluding carboxylic acids is 1. The Morgan fingerprint density at radius 3 is 2.88 bits per heavy atom. The number of rotatable bonds is 4. The molecule has 8 nitrogen and oxygen atoms in total. The van der Waals surface area contributed by atoms with Gasteiger partial charge in [0.05, 0.1) is 40.7 Å². The summed E-state index contributed by atoms with van der Waals surface area (Å²) < 4.78 is 30.1. The fourth-order valence-electron chi connectivity index (χ4n) is 3.86. The molecular weight excluding hydrogens is 440 g/mol. The van der Waals surface area contributed by atoms with Crippen molar-refractivity contribution in [2.45, 2.75) is 12.6 Å². The minimum atomic E-state index is -1.09. The molecule has 1 aliphatic carbocycles. The van der Waals surface area contributed by atoms with Crippen molar-refractivity contribution < 1.29 is 13.6 Å². The molecule has 160 valence electrons. The highest BCUT2D eigenvalue weighted by Crippen LogP contribution is 2.42. The van der Waals surface area contributed by atoms with E-state index in [0.29, 0.717) is 38.9 Å². The maximum absolute atomic E-state index is 15.4. The molecule has 1 saturated carbocycles. The molecule has 0 saturated heterocycles. The Bertz CT molecular complexity index is 1510. The Labute approximate surface area is 183 Å². The second kappa shape index (κ2) is 6.86. The monoisotopic (exact) mass is 453 g/mol. The van der Waals surface area contributed by atoms with E-state index in [1.165, 1.54) is 6.20 Å². The van der Waals surface area contributed by atoms with Crippen molar-refractivity contribution in [2.24, 2.45) is 5.92 Å². The highest BCUT2D eigenvalue weighted by molar-refractivity contribution is 6.36. The zero-order valence-electron chi connectivity index (χ0n) is 16.2. The first-order valence-electron chi connectivity index (χ1n) is 9.78. The number of aromatic amines is 2. The highest BCUT2D eigenvalue weighted by atomic mass is 35.5. The molecule has 1 fully saturated rings. The molecule has 1 aromatic carbocycles. The largest absolute Gasteiger partial charge is 0.367 e. The summed E-state index contributed by atoms with van der Waals surface area (Å²) in [6.07, 6.45) is 8.78. The van der Waals surface area contributed by atoms with Gasteiger partial charge in [-0.2, -0.15) is 5.10 Å². The van der Waals surface area contributed by atoms with Crippen molar-refractivity contribution in [3.8, 4) is 22.4 Å². The van der Waals surface area contributed by atoms with E-state index in [2.05, 4.69) is 30.5 Å². The Hall–Kier alpha value is -3.79. The van der Waals surface area contributed by atoms with Gasteiger partial charge in [-0.25, -0.2) is 13.8 Å². The van der Waals surface area contributed by atoms with Gasteiger partial charge in [0.25, 0.3) is 0 Å². The third-order valence-electron chi connectivity index (χ3n) is 5.58. The minimum Gasteiger partial charge on any atom is -0.367 e. The predicted octanol–water partition coefficient (Wildman–Crippen LogP) is 4.36. The molecule has 6 rings (SSSR count). The van der Waals surface area contributed by atoms with E-state index in [1.807, 2.05) is 0 Å². The third kappa shape index (κ3) is 2.87. The van der Waals surface area contributed by atoms with E-state index < -0.39 is 23.8 Å². The lowest BCUT2D eigenvalue weighted by atomic mass is 9.99. The predicted molar refractivity (Wildman–Crippen MR) is 114 cm³/mol. The summed E-state index contributed by atoms with van der Waals surface area (Å²) in [6.45, 7) is 0. The molecule has 32 heavy (non-hydrogen) atoms. The van der Waals surface area contributed by atoms with Crippen molar-refractivity contribution in [3.05, 3.63) is 54.1 Å². The number of aromatic nitrogens is 6. The quantitative estimate of drug-likeness (QED) is 0.376. The smallest absolute Gasteiger partial charge is 0.231 e. The van der Waals surface area contributed by atoms with E-state index >= 15 is 4.39 Å². The van der Waals surface area contributed by atoms with Crippen molar-refractivity contribution in [2.75, 3.05) is 5.32 Å². The summed E-state index contributed by atoms with van der Waals surface area (Å²) >= 11 is 6.48. The molecule has 1 amide bonds. The molecule has 0 radical (unpaired) electrons. The van der Waals surface area contributed by atoms with Crippen LogP contribution in [-0.2, 0) is 4.79 Å². The van der Waals surface area contributed by atoms with Crippen LogP contribution >= 0.6 is 11.6 Å². The number of fused-ring (bicyclic) bond motifs is 2. The standard InChI is InChI=1S/C21H14ClF2N7O/c22-18-17(11-5-27-30-20(11)16(19(18)24)9-1-2-25-4-9)13-7-31-8-14(28-15(31)6-26-13)29-21(32)10-3-12(10)23/h1-2,4-8,10,12,25H,3H2,(H,27,30)(H,29,32)/t10-,12+/m1/s1. The number of carbonyl (C=O) groups is 1. The fourth-order valence-corrected chi connectivity index (χ4v) is 4.15. The first-order valence-corrected chi connectivity index (χ1v) is 10.2. The van der Waals surface area contributed by atoms with Crippen LogP contribution in [0, 0.1) is 11.7 Å². The van der Waals surface area contributed by atoms with Crippen molar-refractivity contribution in [1.29, 1.82) is 0 Å². The number of imidazole rings is 1. The van der Waals surface area contributed by atoms with Gasteiger partial charge in [-0.3, -0.25) is 14.9 Å². The molecule has 0 aliphatic heterocycles. The lowest BCUT2D eigenvalue weighted by Gasteiger charge is -2.11. The highest BCUT2D eigenvalue weighted by Gasteiger charge is 2.43. The number of halogens is 3. The molecule has 4 aromatic heterocycles. The molecule has 4 heterocycles. The van der Waals surface area contributed by atoms with E-state index in [-0.39, 0.29) is 17.3 Å². The van der Waals surface area contributed by atoms with Crippen LogP contribution in [0.1, 0.15) is 6.42 Å². The molecule has 5 aromatic rings. The number of hydrogen-bond acceptors (Lipinski definition) is 4. The van der Waals surface area contributed by atoms with Gasteiger partial charge < -0.3 is 14.7 Å². The van der Waals surface area contributed by atoms with Gasteiger partial charge in [-0.1, -0.05) is 11.6 Å². The lowest BCUT2D eigenvalue weighted by molar-refractivity contribution is -0.117. The summed E-state index contributed by atoms with van der Waals surface area (Å²) in [6, 6.07) is 1.74. The van der Waals surface area contributed by atoms with Gasteiger partial charge in [0.2, 0.25) is 5.91 Å². The summed E-state index contributed by atoms with van der Waals surface area (Å²) in [5, 5.41) is 10.1. The average Bonchev–Trinajstić information content (AvgIpc) is 3.21. The molecule has 0 unspecified atom stereocenters. The van der Waals surface area contributed by atoms with Crippen LogP contribution in [0.25, 0.3) is 38.9 Å². The Morgan fingerprint density at radius 1 is 1.28 bits per heavy atom. The van der Waals surface area contributed by atoms with Crippen molar-refractivity contribution in [1.82, 2.24) is 29.5 Å². The molecule has 11 heteroatoms. The van der Waals surface area contributed by atoms with Crippen molar-refractivity contribution in [3.63, 3.8) is 0 Å². The van der Waals surface area contributed by atoms with Crippen LogP contribution in [0.15, 0.2) is 43.2 Å². The second-order valence-electron chi connectivity index (χ2n) is 7.65. The number of nitrogens with one attached hydrogen (secondary N) is 3. The molecular formula is C21H14ClF2N7O. The van der Waals surface area contributed by atoms with Crippen LogP contribution in [0.4, 0.5) is 14.6 Å². The maximum atomic E-state index is 15.4. The number of amides is 1. The Morgan fingerprint density at radius 2 is 2.12 bits per heavy atom. The van der Waals surface area contributed by atoms with Crippen LogP contribution < -0.4 is 5.32 Å². The number of H-pyrrole nitrogens is 2. The molecule has 1 aliphatic rings. The average molecular weight is 454 g/mol. The zero-order chi connectivity index (χ0) is 22.0. The minimum absolute atomic E-state index is 0.0849. The Balaban J connectivity index is 1.45. The number of benzene rings is 1. The van der Waals surface area contributed by atoms with Gasteiger partial charge in [0.15, 0.2) is 17.3 Å². The number of alkyl halides is 1. The second-order valence-corrected chi connectivity index (χ2v) is 8.03. The number of anilines is 1. The SMILES string of the molecule is O=C(Nc1cn2cc(-c3c(Cl)c(F)c(-c4cc[nH]c4)c4[nH]ncc34)ncc2n1)[C@@H]1C[C@@H]1F. The van der Waals surface area contributed by atoms with Crippen LogP contribution in [0.2, 0.25) is 5.02 Å². The van der Waals surface area contributed by atoms with Gasteiger partial charge in [-0.05, 0) is 12.5 Å². The maximum Gasteiger partial charge on any atom is 0.231 e. The first kappa shape index (κ1) is 18.9. The van der Waals surface area contributed by atoms with Crippen LogP contribution in [0.3, 0.4) is 0 Å². The van der Waals surface area contributed by atoms with Gasteiger partial charge in [-0.15, -0.1) is 0 Å². The normalized spacial score (nSPS) is 17.8. The number of hydrogen-bond donors (Lipinski definition) is 3. The van der Waals surface area contributed by atoms with Gasteiger partial charge in [0.1, 0.15) is 6.17 Å². The van der Waals surface area contributed by atoms with E-state index in [4.69, 9.17) is 11.6 Å². The molecule has 3 N–H and O–H groups in total. The topological polar surface area (TPSA) is 104 Å². The molecule has 0 bridgehead atoms. The summed E-state index contributed by atoms with van der Waals surface area (Å²) in [4.78, 5) is 23.6. The first-order chi connectivity index (χ1) is 15.5. The van der Waals surface area contributed by atoms with Crippen LogP contribution in [0.5, 0.6) is 0 Å². The zero-order valence-corrected chi connectivity index (χ0v) is 17.0. The molecule has 2 atom stereocenters. The lowest BCUT2D eigenvalue weighted by Crippen LogP contribution is -2.15. The van der Waals surface area contributed by atoms with Gasteiger partial charge in [0, 0.05) is 40.7 Å². The Kier molecular flexibility index (Phi) is 4.06.